The van der Waals surface area contributed by atoms with E-state index in [1.807, 2.05) is 18.5 Å². The van der Waals surface area contributed by atoms with E-state index in [4.69, 9.17) is 4.52 Å². The van der Waals surface area contributed by atoms with Crippen molar-refractivity contribution >= 4 is 11.3 Å². The first kappa shape index (κ1) is 11.2. The molecule has 0 aliphatic heterocycles. The number of thiazole rings is 1. The van der Waals surface area contributed by atoms with Gasteiger partial charge < -0.3 is 4.52 Å². The molecule has 0 fully saturated rings. The van der Waals surface area contributed by atoms with Gasteiger partial charge in [0.1, 0.15) is 5.01 Å². The van der Waals surface area contributed by atoms with E-state index in [-0.39, 0.29) is 6.04 Å². The molecule has 2 aromatic rings. The van der Waals surface area contributed by atoms with Crippen LogP contribution < -0.4 is 5.32 Å². The number of nitrogens with one attached hydrogen (secondary N) is 1. The molecule has 0 aliphatic carbocycles. The van der Waals surface area contributed by atoms with Crippen LogP contribution in [0, 0.1) is 6.92 Å². The average Bonchev–Trinajstić information content (AvgIpc) is 2.91. The van der Waals surface area contributed by atoms with Gasteiger partial charge in [0.15, 0.2) is 5.82 Å². The number of hydrogen-bond acceptors (Lipinski definition) is 6. The number of aromatic nitrogens is 3. The second kappa shape index (κ2) is 5.18. The summed E-state index contributed by atoms with van der Waals surface area (Å²) in [6, 6.07) is 0.257. The lowest BCUT2D eigenvalue weighted by Gasteiger charge is -2.12. The zero-order valence-electron chi connectivity index (χ0n) is 9.30. The summed E-state index contributed by atoms with van der Waals surface area (Å²) >= 11 is 1.66. The average molecular weight is 238 g/mol. The Morgan fingerprint density at radius 2 is 2.44 bits per heavy atom. The zero-order valence-corrected chi connectivity index (χ0v) is 10.1. The molecule has 0 amide bonds. The first-order chi connectivity index (χ1) is 7.79. The number of rotatable bonds is 5. The Kier molecular flexibility index (Phi) is 3.63. The molecule has 0 saturated heterocycles. The van der Waals surface area contributed by atoms with Gasteiger partial charge >= 0.3 is 0 Å². The maximum Gasteiger partial charge on any atom is 0.240 e. The van der Waals surface area contributed by atoms with Gasteiger partial charge in [-0.3, -0.25) is 5.32 Å². The predicted octanol–water partition coefficient (Wildman–Crippen LogP) is 2.08. The standard InChI is InChI=1S/C10H14N4OS/c1-3-8(10-11-4-5-16-10)12-6-9-13-7(2)14-15-9/h4-5,8,12H,3,6H2,1-2H3/t8-/m1/s1. The molecule has 0 unspecified atom stereocenters. The summed E-state index contributed by atoms with van der Waals surface area (Å²) in [4.78, 5) is 8.44. The molecule has 0 aromatic carbocycles. The normalized spacial score (nSPS) is 12.9. The maximum atomic E-state index is 5.04. The first-order valence-electron chi connectivity index (χ1n) is 5.21. The van der Waals surface area contributed by atoms with E-state index in [1.165, 1.54) is 0 Å². The van der Waals surface area contributed by atoms with Crippen molar-refractivity contribution in [2.45, 2.75) is 32.9 Å². The van der Waals surface area contributed by atoms with Gasteiger partial charge in [-0.1, -0.05) is 12.1 Å². The van der Waals surface area contributed by atoms with Crippen molar-refractivity contribution in [2.75, 3.05) is 0 Å². The molecule has 1 atom stereocenters. The van der Waals surface area contributed by atoms with Crippen LogP contribution in [0.3, 0.4) is 0 Å². The Bertz CT molecular complexity index is 426. The molecule has 2 aromatic heterocycles. The highest BCUT2D eigenvalue weighted by atomic mass is 32.1. The van der Waals surface area contributed by atoms with Crippen molar-refractivity contribution in [1.29, 1.82) is 0 Å². The highest BCUT2D eigenvalue weighted by molar-refractivity contribution is 7.09. The highest BCUT2D eigenvalue weighted by Gasteiger charge is 2.12. The van der Waals surface area contributed by atoms with Crippen LogP contribution in [0.15, 0.2) is 16.1 Å². The molecule has 0 spiro atoms. The van der Waals surface area contributed by atoms with Crippen molar-refractivity contribution in [3.8, 4) is 0 Å². The van der Waals surface area contributed by atoms with Crippen molar-refractivity contribution in [3.63, 3.8) is 0 Å². The molecule has 0 aliphatic rings. The van der Waals surface area contributed by atoms with Crippen LogP contribution in [-0.2, 0) is 6.54 Å². The molecule has 5 nitrogen and oxygen atoms in total. The molecule has 2 rings (SSSR count). The molecule has 16 heavy (non-hydrogen) atoms. The lowest BCUT2D eigenvalue weighted by atomic mass is 10.2. The summed E-state index contributed by atoms with van der Waals surface area (Å²) in [6.07, 6.45) is 2.81. The van der Waals surface area contributed by atoms with E-state index < -0.39 is 0 Å². The minimum atomic E-state index is 0.257. The van der Waals surface area contributed by atoms with E-state index in [9.17, 15) is 0 Å². The summed E-state index contributed by atoms with van der Waals surface area (Å²) < 4.78 is 5.04. The van der Waals surface area contributed by atoms with Gasteiger partial charge in [-0.2, -0.15) is 4.98 Å². The van der Waals surface area contributed by atoms with Crippen LogP contribution in [0.5, 0.6) is 0 Å². The molecular weight excluding hydrogens is 224 g/mol. The van der Waals surface area contributed by atoms with Gasteiger partial charge in [0, 0.05) is 11.6 Å². The fourth-order valence-corrected chi connectivity index (χ4v) is 2.23. The van der Waals surface area contributed by atoms with Crippen molar-refractivity contribution in [2.24, 2.45) is 0 Å². The summed E-state index contributed by atoms with van der Waals surface area (Å²) in [5.41, 5.74) is 0. The molecular formula is C10H14N4OS. The summed E-state index contributed by atoms with van der Waals surface area (Å²) in [6.45, 7) is 4.52. The molecule has 0 bridgehead atoms. The Morgan fingerprint density at radius 3 is 3.00 bits per heavy atom. The van der Waals surface area contributed by atoms with Gasteiger partial charge in [0.2, 0.25) is 5.89 Å². The number of hydrogen-bond donors (Lipinski definition) is 1. The van der Waals surface area contributed by atoms with E-state index in [0.717, 1.165) is 11.4 Å². The van der Waals surface area contributed by atoms with Gasteiger partial charge in [0.25, 0.3) is 0 Å². The van der Waals surface area contributed by atoms with Crippen molar-refractivity contribution in [1.82, 2.24) is 20.4 Å². The summed E-state index contributed by atoms with van der Waals surface area (Å²) in [5, 5.41) is 10.2. The quantitative estimate of drug-likeness (QED) is 0.864. The topological polar surface area (TPSA) is 63.8 Å². The number of aryl methyl sites for hydroxylation is 1. The maximum absolute atomic E-state index is 5.04. The van der Waals surface area contributed by atoms with E-state index in [0.29, 0.717) is 18.3 Å². The largest absolute Gasteiger partial charge is 0.338 e. The summed E-state index contributed by atoms with van der Waals surface area (Å²) in [7, 11) is 0. The highest BCUT2D eigenvalue weighted by Crippen LogP contribution is 2.18. The van der Waals surface area contributed by atoms with Crippen LogP contribution >= 0.6 is 11.3 Å². The first-order valence-corrected chi connectivity index (χ1v) is 6.09. The molecule has 2 heterocycles. The molecule has 6 heteroatoms. The minimum absolute atomic E-state index is 0.257. The Balaban J connectivity index is 1.93. The number of nitrogens with zero attached hydrogens (tertiary/aromatic N) is 3. The molecule has 0 saturated carbocycles. The zero-order chi connectivity index (χ0) is 11.4. The van der Waals surface area contributed by atoms with Crippen molar-refractivity contribution < 1.29 is 4.52 Å². The van der Waals surface area contributed by atoms with Gasteiger partial charge in [0.05, 0.1) is 12.6 Å². The second-order valence-corrected chi connectivity index (χ2v) is 4.37. The smallest absolute Gasteiger partial charge is 0.240 e. The van der Waals surface area contributed by atoms with Crippen molar-refractivity contribution in [3.05, 3.63) is 28.3 Å². The van der Waals surface area contributed by atoms with Crippen LogP contribution in [0.2, 0.25) is 0 Å². The lowest BCUT2D eigenvalue weighted by molar-refractivity contribution is 0.353. The third-order valence-electron chi connectivity index (χ3n) is 2.23. The predicted molar refractivity (Wildman–Crippen MR) is 61.0 cm³/mol. The van der Waals surface area contributed by atoms with Crippen LogP contribution in [0.1, 0.15) is 36.1 Å². The molecule has 0 radical (unpaired) electrons. The fraction of sp³-hybridized carbons (Fsp3) is 0.500. The summed E-state index contributed by atoms with van der Waals surface area (Å²) in [5.74, 6) is 1.28. The molecule has 86 valence electrons. The Hall–Kier alpha value is -1.27. The minimum Gasteiger partial charge on any atom is -0.338 e. The Morgan fingerprint density at radius 1 is 1.56 bits per heavy atom. The third kappa shape index (κ3) is 2.65. The van der Waals surface area contributed by atoms with Crippen LogP contribution in [-0.4, -0.2) is 15.1 Å². The van der Waals surface area contributed by atoms with Crippen LogP contribution in [0.4, 0.5) is 0 Å². The Labute approximate surface area is 97.9 Å². The third-order valence-corrected chi connectivity index (χ3v) is 3.12. The van der Waals surface area contributed by atoms with E-state index >= 15 is 0 Å². The van der Waals surface area contributed by atoms with Crippen LogP contribution in [0.25, 0.3) is 0 Å². The van der Waals surface area contributed by atoms with Gasteiger partial charge in [-0.25, -0.2) is 4.98 Å². The van der Waals surface area contributed by atoms with E-state index in [1.54, 1.807) is 11.3 Å². The lowest BCUT2D eigenvalue weighted by Crippen LogP contribution is -2.20. The SMILES string of the molecule is CC[C@@H](NCc1nc(C)no1)c1nccs1. The second-order valence-electron chi connectivity index (χ2n) is 3.45. The fourth-order valence-electron chi connectivity index (χ4n) is 1.44. The van der Waals surface area contributed by atoms with Gasteiger partial charge in [-0.05, 0) is 13.3 Å². The van der Waals surface area contributed by atoms with E-state index in [2.05, 4.69) is 27.4 Å². The monoisotopic (exact) mass is 238 g/mol. The molecule has 1 N–H and O–H groups in total. The van der Waals surface area contributed by atoms with Gasteiger partial charge in [-0.15, -0.1) is 11.3 Å².